The van der Waals surface area contributed by atoms with E-state index in [1.54, 1.807) is 24.3 Å². The molecule has 1 amide bonds. The lowest BCUT2D eigenvalue weighted by molar-refractivity contribution is -0.116. The third kappa shape index (κ3) is 4.63. The molecular formula is C13H16ClN3O2S. The third-order valence-corrected chi connectivity index (χ3v) is 3.89. The molecule has 108 valence electrons. The molecule has 7 heteroatoms. The summed E-state index contributed by atoms with van der Waals surface area (Å²) in [5.74, 6) is 1.06. The first kappa shape index (κ1) is 15.0. The van der Waals surface area contributed by atoms with Crippen molar-refractivity contribution in [1.82, 2.24) is 10.1 Å². The minimum absolute atomic E-state index is 0.0747. The Morgan fingerprint density at radius 2 is 2.35 bits per heavy atom. The molecule has 0 saturated heterocycles. The Morgan fingerprint density at radius 1 is 1.55 bits per heavy atom. The number of thiophene rings is 1. The molecule has 1 N–H and O–H groups in total. The summed E-state index contributed by atoms with van der Waals surface area (Å²) in [4.78, 5) is 15.0. The number of halogens is 1. The highest BCUT2D eigenvalue weighted by Crippen LogP contribution is 2.22. The van der Waals surface area contributed by atoms with Crippen LogP contribution in [0.3, 0.4) is 0 Å². The van der Waals surface area contributed by atoms with Gasteiger partial charge < -0.3 is 14.7 Å². The summed E-state index contributed by atoms with van der Waals surface area (Å²) in [7, 11) is 1.97. The summed E-state index contributed by atoms with van der Waals surface area (Å²) in [6.45, 7) is 3.23. The Hall–Kier alpha value is -1.37. The smallest absolute Gasteiger partial charge is 0.226 e. The van der Waals surface area contributed by atoms with E-state index < -0.39 is 0 Å². The van der Waals surface area contributed by atoms with Gasteiger partial charge in [-0.15, -0.1) is 11.3 Å². The monoisotopic (exact) mass is 313 g/mol. The minimum atomic E-state index is -0.0747. The van der Waals surface area contributed by atoms with E-state index in [1.807, 2.05) is 19.2 Å². The van der Waals surface area contributed by atoms with Crippen LogP contribution in [0.4, 0.5) is 5.82 Å². The van der Waals surface area contributed by atoms with Gasteiger partial charge in [-0.1, -0.05) is 16.8 Å². The molecule has 2 aromatic heterocycles. The van der Waals surface area contributed by atoms with Gasteiger partial charge in [-0.05, 0) is 26.1 Å². The maximum atomic E-state index is 11.7. The number of amides is 1. The number of carbonyl (C=O) groups is 1. The van der Waals surface area contributed by atoms with E-state index in [-0.39, 0.29) is 5.91 Å². The standard InChI is InChI=1S/C13H16ClN3O2S/c1-9-7-12(16-19-9)15-13(18)5-6-17(2)8-10-3-4-11(14)20-10/h3-4,7H,5-6,8H2,1-2H3,(H,15,16,18). The molecule has 0 aliphatic heterocycles. The van der Waals surface area contributed by atoms with Crippen LogP contribution < -0.4 is 5.32 Å². The van der Waals surface area contributed by atoms with E-state index >= 15 is 0 Å². The van der Waals surface area contributed by atoms with Gasteiger partial charge in [0.1, 0.15) is 5.76 Å². The SMILES string of the molecule is Cc1cc(NC(=O)CCN(C)Cc2ccc(Cl)s2)no1. The van der Waals surface area contributed by atoms with E-state index in [4.69, 9.17) is 16.1 Å². The quantitative estimate of drug-likeness (QED) is 0.890. The predicted octanol–water partition coefficient (Wildman–Crippen LogP) is 3.16. The Labute approximate surface area is 126 Å². The van der Waals surface area contributed by atoms with Crippen molar-refractivity contribution in [1.29, 1.82) is 0 Å². The number of nitrogens with one attached hydrogen (secondary N) is 1. The second-order valence-electron chi connectivity index (χ2n) is 4.56. The zero-order valence-electron chi connectivity index (χ0n) is 11.4. The number of aryl methyl sites for hydroxylation is 1. The van der Waals surface area contributed by atoms with Crippen LogP contribution in [0.15, 0.2) is 22.7 Å². The number of rotatable bonds is 6. The van der Waals surface area contributed by atoms with Crippen molar-refractivity contribution in [2.24, 2.45) is 0 Å². The Morgan fingerprint density at radius 3 is 2.95 bits per heavy atom. The van der Waals surface area contributed by atoms with E-state index in [9.17, 15) is 4.79 Å². The molecule has 0 spiro atoms. The van der Waals surface area contributed by atoms with Crippen molar-refractivity contribution in [2.75, 3.05) is 18.9 Å². The summed E-state index contributed by atoms with van der Waals surface area (Å²) >= 11 is 7.44. The molecule has 0 atom stereocenters. The molecule has 0 radical (unpaired) electrons. The highest BCUT2D eigenvalue weighted by atomic mass is 35.5. The lowest BCUT2D eigenvalue weighted by atomic mass is 10.3. The molecule has 0 bridgehead atoms. The summed E-state index contributed by atoms with van der Waals surface area (Å²) in [5.41, 5.74) is 0. The maximum Gasteiger partial charge on any atom is 0.226 e. The van der Waals surface area contributed by atoms with Gasteiger partial charge in [0.2, 0.25) is 5.91 Å². The van der Waals surface area contributed by atoms with E-state index in [0.29, 0.717) is 24.5 Å². The van der Waals surface area contributed by atoms with Gasteiger partial charge in [0, 0.05) is 30.5 Å². The fourth-order valence-corrected chi connectivity index (χ4v) is 2.87. The zero-order valence-corrected chi connectivity index (χ0v) is 12.9. The van der Waals surface area contributed by atoms with Crippen molar-refractivity contribution in [2.45, 2.75) is 19.9 Å². The highest BCUT2D eigenvalue weighted by molar-refractivity contribution is 7.16. The van der Waals surface area contributed by atoms with E-state index in [2.05, 4.69) is 15.4 Å². The molecule has 2 aromatic rings. The number of nitrogens with zero attached hydrogens (tertiary/aromatic N) is 2. The first-order valence-electron chi connectivity index (χ1n) is 6.19. The molecule has 2 heterocycles. The summed E-state index contributed by atoms with van der Waals surface area (Å²) in [6, 6.07) is 5.58. The topological polar surface area (TPSA) is 58.4 Å². The second kappa shape index (κ2) is 6.88. The van der Waals surface area contributed by atoms with Crippen LogP contribution in [0.1, 0.15) is 17.1 Å². The van der Waals surface area contributed by atoms with Crippen LogP contribution in [-0.4, -0.2) is 29.6 Å². The lowest BCUT2D eigenvalue weighted by Crippen LogP contribution is -2.23. The molecule has 0 aliphatic rings. The third-order valence-electron chi connectivity index (χ3n) is 2.67. The predicted molar refractivity (Wildman–Crippen MR) is 80.1 cm³/mol. The fourth-order valence-electron chi connectivity index (χ4n) is 1.70. The Balaban J connectivity index is 1.72. The summed E-state index contributed by atoms with van der Waals surface area (Å²) in [6.07, 6.45) is 0.404. The van der Waals surface area contributed by atoms with Crippen LogP contribution in [0, 0.1) is 6.92 Å². The van der Waals surface area contributed by atoms with Crippen LogP contribution in [0.5, 0.6) is 0 Å². The minimum Gasteiger partial charge on any atom is -0.360 e. The summed E-state index contributed by atoms with van der Waals surface area (Å²) in [5, 5.41) is 6.42. The Bertz CT molecular complexity index is 582. The van der Waals surface area contributed by atoms with E-state index in [0.717, 1.165) is 10.9 Å². The molecular weight excluding hydrogens is 298 g/mol. The van der Waals surface area contributed by atoms with Crippen LogP contribution in [0.2, 0.25) is 4.34 Å². The van der Waals surface area contributed by atoms with Crippen molar-refractivity contribution in [3.8, 4) is 0 Å². The molecule has 5 nitrogen and oxygen atoms in total. The van der Waals surface area contributed by atoms with Gasteiger partial charge in [0.15, 0.2) is 5.82 Å². The van der Waals surface area contributed by atoms with Crippen molar-refractivity contribution in [3.05, 3.63) is 33.2 Å². The molecule has 0 fully saturated rings. The second-order valence-corrected chi connectivity index (χ2v) is 6.36. The van der Waals surface area contributed by atoms with Crippen LogP contribution in [0.25, 0.3) is 0 Å². The van der Waals surface area contributed by atoms with Crippen LogP contribution in [-0.2, 0) is 11.3 Å². The lowest BCUT2D eigenvalue weighted by Gasteiger charge is -2.14. The number of anilines is 1. The first-order chi connectivity index (χ1) is 9.52. The fraction of sp³-hybridized carbons (Fsp3) is 0.385. The molecule has 20 heavy (non-hydrogen) atoms. The first-order valence-corrected chi connectivity index (χ1v) is 7.38. The number of aromatic nitrogens is 1. The van der Waals surface area contributed by atoms with Crippen LogP contribution >= 0.6 is 22.9 Å². The largest absolute Gasteiger partial charge is 0.360 e. The van der Waals surface area contributed by atoms with Crippen molar-refractivity contribution in [3.63, 3.8) is 0 Å². The molecule has 0 aliphatic carbocycles. The van der Waals surface area contributed by atoms with Gasteiger partial charge in [0.25, 0.3) is 0 Å². The molecule has 0 unspecified atom stereocenters. The van der Waals surface area contributed by atoms with Gasteiger partial charge >= 0.3 is 0 Å². The van der Waals surface area contributed by atoms with Gasteiger partial charge in [0.05, 0.1) is 4.34 Å². The van der Waals surface area contributed by atoms with Crippen molar-refractivity contribution < 1.29 is 9.32 Å². The zero-order chi connectivity index (χ0) is 14.5. The number of hydrogen-bond acceptors (Lipinski definition) is 5. The average molecular weight is 314 g/mol. The average Bonchev–Trinajstić information content (AvgIpc) is 2.96. The van der Waals surface area contributed by atoms with E-state index in [1.165, 1.54) is 4.88 Å². The molecule has 0 aromatic carbocycles. The highest BCUT2D eigenvalue weighted by Gasteiger charge is 2.09. The normalized spacial score (nSPS) is 11.0. The van der Waals surface area contributed by atoms with Gasteiger partial charge in [-0.3, -0.25) is 4.79 Å². The summed E-state index contributed by atoms with van der Waals surface area (Å²) < 4.78 is 5.67. The van der Waals surface area contributed by atoms with Gasteiger partial charge in [-0.25, -0.2) is 0 Å². The number of hydrogen-bond donors (Lipinski definition) is 1. The Kier molecular flexibility index (Phi) is 5.17. The molecule has 2 rings (SSSR count). The maximum absolute atomic E-state index is 11.7. The van der Waals surface area contributed by atoms with Crippen molar-refractivity contribution >= 4 is 34.7 Å². The molecule has 0 saturated carbocycles. The number of carbonyl (C=O) groups excluding carboxylic acids is 1. The van der Waals surface area contributed by atoms with Gasteiger partial charge in [-0.2, -0.15) is 0 Å².